The zero-order valence-corrected chi connectivity index (χ0v) is 23.9. The Balaban J connectivity index is 1.58. The third-order valence-corrected chi connectivity index (χ3v) is 9.41. The van der Waals surface area contributed by atoms with Gasteiger partial charge >= 0.3 is 0 Å². The lowest BCUT2D eigenvalue weighted by Gasteiger charge is -2.31. The summed E-state index contributed by atoms with van der Waals surface area (Å²) in [5.41, 5.74) is 11.1. The second-order valence-electron chi connectivity index (χ2n) is 10.3. The summed E-state index contributed by atoms with van der Waals surface area (Å²) in [5, 5.41) is 4.42. The van der Waals surface area contributed by atoms with Gasteiger partial charge in [0.15, 0.2) is 0 Å². The molecule has 1 aliphatic heterocycles. The number of H-pyrrole nitrogens is 1. The van der Waals surface area contributed by atoms with Crippen LogP contribution in [-0.2, 0) is 26.0 Å². The number of fused-ring (bicyclic) bond motifs is 1. The summed E-state index contributed by atoms with van der Waals surface area (Å²) in [6, 6.07) is 12.4. The molecule has 39 heavy (non-hydrogen) atoms. The number of hydrogen-bond acceptors (Lipinski definition) is 6. The van der Waals surface area contributed by atoms with E-state index in [4.69, 9.17) is 15.2 Å². The van der Waals surface area contributed by atoms with Crippen LogP contribution in [0.2, 0.25) is 0 Å². The van der Waals surface area contributed by atoms with E-state index in [2.05, 4.69) is 35.4 Å². The molecular weight excluding hydrogens is 516 g/mol. The highest BCUT2D eigenvalue weighted by atomic mass is 32.2. The molecule has 0 aliphatic carbocycles. The fourth-order valence-electron chi connectivity index (χ4n) is 5.37. The van der Waals surface area contributed by atoms with Crippen LogP contribution in [-0.4, -0.2) is 75.9 Å². The molecule has 2 heterocycles. The number of hydrogen-bond donors (Lipinski definition) is 3. The maximum atomic E-state index is 12.7. The molecule has 10 heteroatoms. The van der Waals surface area contributed by atoms with Crippen molar-refractivity contribution >= 4 is 26.8 Å². The Morgan fingerprint density at radius 1 is 1.15 bits per heavy atom. The third-order valence-electron chi connectivity index (χ3n) is 7.46. The summed E-state index contributed by atoms with van der Waals surface area (Å²) < 4.78 is 37.3. The number of nitrogens with one attached hydrogen (secondary N) is 2. The molecule has 9 nitrogen and oxygen atoms in total. The molecule has 1 atom stereocenters. The number of primary amides is 1. The number of sulfonamides is 1. The van der Waals surface area contributed by atoms with Crippen molar-refractivity contribution in [3.63, 3.8) is 0 Å². The second-order valence-corrected chi connectivity index (χ2v) is 12.4. The number of piperidine rings is 1. The Morgan fingerprint density at radius 2 is 1.92 bits per heavy atom. The molecule has 1 saturated heterocycles. The Bertz CT molecular complexity index is 1380. The van der Waals surface area contributed by atoms with Crippen LogP contribution in [0, 0.1) is 0 Å². The van der Waals surface area contributed by atoms with E-state index in [-0.39, 0.29) is 17.7 Å². The number of ether oxygens (including phenoxy) is 2. The van der Waals surface area contributed by atoms with Gasteiger partial charge in [0.1, 0.15) is 0 Å². The molecule has 0 saturated carbocycles. The molecule has 4 rings (SSSR count). The number of aromatic nitrogens is 1. The first kappa shape index (κ1) is 29.2. The van der Waals surface area contributed by atoms with Crippen LogP contribution in [0.4, 0.5) is 0 Å². The van der Waals surface area contributed by atoms with Gasteiger partial charge in [-0.15, -0.1) is 0 Å². The lowest BCUT2D eigenvalue weighted by Crippen LogP contribution is -2.39. The lowest BCUT2D eigenvalue weighted by molar-refractivity contribution is 0.100. The van der Waals surface area contributed by atoms with Gasteiger partial charge in [-0.05, 0) is 72.6 Å². The van der Waals surface area contributed by atoms with Gasteiger partial charge in [-0.2, -0.15) is 0 Å². The predicted octanol–water partition coefficient (Wildman–Crippen LogP) is 3.60. The first-order chi connectivity index (χ1) is 18.7. The van der Waals surface area contributed by atoms with E-state index in [1.807, 2.05) is 24.4 Å². The highest BCUT2D eigenvalue weighted by molar-refractivity contribution is 7.89. The minimum atomic E-state index is -3.30. The Kier molecular flexibility index (Phi) is 9.79. The molecule has 0 spiro atoms. The van der Waals surface area contributed by atoms with Crippen LogP contribution in [0.5, 0.6) is 0 Å². The molecule has 1 unspecified atom stereocenters. The van der Waals surface area contributed by atoms with Gasteiger partial charge in [0, 0.05) is 58.1 Å². The van der Waals surface area contributed by atoms with E-state index in [1.54, 1.807) is 18.5 Å². The molecule has 1 fully saturated rings. The first-order valence-corrected chi connectivity index (χ1v) is 15.1. The number of aromatic amines is 1. The number of carbonyl (C=O) groups is 1. The number of nitrogens with two attached hydrogens (primary N) is 1. The Hall–Kier alpha value is -2.76. The molecule has 1 aliphatic rings. The second kappa shape index (κ2) is 13.1. The maximum Gasteiger partial charge on any atom is 0.250 e. The van der Waals surface area contributed by atoms with E-state index in [0.717, 1.165) is 33.2 Å². The average Bonchev–Trinajstić information content (AvgIpc) is 3.36. The van der Waals surface area contributed by atoms with E-state index in [1.165, 1.54) is 0 Å². The van der Waals surface area contributed by atoms with Crippen molar-refractivity contribution in [3.05, 3.63) is 59.3 Å². The van der Waals surface area contributed by atoms with Crippen LogP contribution in [0.15, 0.2) is 42.6 Å². The van der Waals surface area contributed by atoms with E-state index >= 15 is 0 Å². The van der Waals surface area contributed by atoms with Crippen molar-refractivity contribution in [1.29, 1.82) is 0 Å². The molecule has 4 N–H and O–H groups in total. The number of rotatable bonds is 13. The fraction of sp³-hybridized carbons (Fsp3) is 0.483. The van der Waals surface area contributed by atoms with Gasteiger partial charge in [-0.25, -0.2) is 12.7 Å². The molecule has 1 amide bonds. The number of benzene rings is 2. The summed E-state index contributed by atoms with van der Waals surface area (Å²) in [6.07, 6.45) is 3.87. The maximum absolute atomic E-state index is 12.7. The standard InChI is InChI=1S/C29H40N4O5S/c1-20(19-38-3)31-17-21-6-4-7-23(14-21)24-15-25-27(18-32-28(25)26(16-24)29(30)34)22-8-10-33(11-9-22)39(35,36)13-5-12-37-2/h4,6-7,14-16,18,20,22,31-32H,5,8-13,17,19H2,1-3H3,(H2,30,34). The van der Waals surface area contributed by atoms with E-state index in [9.17, 15) is 13.2 Å². The average molecular weight is 557 g/mol. The smallest absolute Gasteiger partial charge is 0.250 e. The quantitative estimate of drug-likeness (QED) is 0.276. The molecule has 3 aromatic rings. The molecule has 2 aromatic carbocycles. The molecule has 0 bridgehead atoms. The third kappa shape index (κ3) is 7.06. The van der Waals surface area contributed by atoms with Crippen molar-refractivity contribution in [2.45, 2.75) is 44.7 Å². The van der Waals surface area contributed by atoms with Crippen molar-refractivity contribution < 1.29 is 22.7 Å². The van der Waals surface area contributed by atoms with Gasteiger partial charge in [-0.1, -0.05) is 18.2 Å². The molecule has 212 valence electrons. The zero-order valence-electron chi connectivity index (χ0n) is 23.0. The van der Waals surface area contributed by atoms with Gasteiger partial charge in [0.2, 0.25) is 10.0 Å². The van der Waals surface area contributed by atoms with Gasteiger partial charge < -0.3 is 25.5 Å². The van der Waals surface area contributed by atoms with Crippen LogP contribution < -0.4 is 11.1 Å². The molecular formula is C29H40N4O5S. The summed E-state index contributed by atoms with van der Waals surface area (Å²) in [7, 11) is -0.0293. The normalized spacial score (nSPS) is 16.1. The zero-order chi connectivity index (χ0) is 28.0. The number of carbonyl (C=O) groups excluding carboxylic acids is 1. The minimum Gasteiger partial charge on any atom is -0.385 e. The predicted molar refractivity (Wildman–Crippen MR) is 154 cm³/mol. The lowest BCUT2D eigenvalue weighted by atomic mass is 9.88. The topological polar surface area (TPSA) is 127 Å². The summed E-state index contributed by atoms with van der Waals surface area (Å²) in [4.78, 5) is 15.7. The van der Waals surface area contributed by atoms with Crippen LogP contribution in [0.1, 0.15) is 53.6 Å². The fourth-order valence-corrected chi connectivity index (χ4v) is 6.88. The molecule has 1 aromatic heterocycles. The van der Waals surface area contributed by atoms with E-state index < -0.39 is 15.9 Å². The van der Waals surface area contributed by atoms with Crippen LogP contribution in [0.3, 0.4) is 0 Å². The summed E-state index contributed by atoms with van der Waals surface area (Å²) in [6.45, 7) is 4.80. The number of amides is 1. The van der Waals surface area contributed by atoms with Crippen LogP contribution >= 0.6 is 0 Å². The van der Waals surface area contributed by atoms with Crippen molar-refractivity contribution in [3.8, 4) is 11.1 Å². The largest absolute Gasteiger partial charge is 0.385 e. The highest BCUT2D eigenvalue weighted by Gasteiger charge is 2.30. The summed E-state index contributed by atoms with van der Waals surface area (Å²) >= 11 is 0. The Morgan fingerprint density at radius 3 is 2.62 bits per heavy atom. The van der Waals surface area contributed by atoms with Gasteiger partial charge in [0.25, 0.3) is 5.91 Å². The highest BCUT2D eigenvalue weighted by Crippen LogP contribution is 2.37. The number of methoxy groups -OCH3 is 2. The molecule has 0 radical (unpaired) electrons. The minimum absolute atomic E-state index is 0.101. The summed E-state index contributed by atoms with van der Waals surface area (Å²) in [5.74, 6) is -0.208. The van der Waals surface area contributed by atoms with Crippen molar-refractivity contribution in [1.82, 2.24) is 14.6 Å². The van der Waals surface area contributed by atoms with Crippen molar-refractivity contribution in [2.75, 3.05) is 46.3 Å². The van der Waals surface area contributed by atoms with Crippen molar-refractivity contribution in [2.24, 2.45) is 5.73 Å². The first-order valence-electron chi connectivity index (χ1n) is 13.5. The van der Waals surface area contributed by atoms with E-state index in [0.29, 0.717) is 57.7 Å². The monoisotopic (exact) mass is 556 g/mol. The Labute approximate surface area is 231 Å². The SMILES string of the molecule is COCCCS(=O)(=O)N1CCC(c2c[nH]c3c(C(N)=O)cc(-c4cccc(CNC(C)COC)c4)cc23)CC1. The van der Waals surface area contributed by atoms with Crippen LogP contribution in [0.25, 0.3) is 22.0 Å². The van der Waals surface area contributed by atoms with Gasteiger partial charge in [-0.3, -0.25) is 4.79 Å². The van der Waals surface area contributed by atoms with Gasteiger partial charge in [0.05, 0.1) is 23.4 Å². The number of nitrogens with zero attached hydrogens (tertiary/aromatic N) is 1.